The smallest absolute Gasteiger partial charge is 0.0587 e. The molecule has 0 saturated heterocycles. The average molecular weight is 199 g/mol. The first kappa shape index (κ1) is 12.0. The van der Waals surface area contributed by atoms with Gasteiger partial charge in [-0.1, -0.05) is 20.8 Å². The summed E-state index contributed by atoms with van der Waals surface area (Å²) in [7, 11) is 1.76. The minimum Gasteiger partial charge on any atom is -0.383 e. The fourth-order valence-electron chi connectivity index (χ4n) is 2.87. The van der Waals surface area contributed by atoms with E-state index in [9.17, 15) is 0 Å². The first-order valence-corrected chi connectivity index (χ1v) is 5.76. The Balaban J connectivity index is 2.30. The van der Waals surface area contributed by atoms with Gasteiger partial charge in [-0.05, 0) is 30.6 Å². The van der Waals surface area contributed by atoms with Crippen LogP contribution in [-0.2, 0) is 4.74 Å². The molecule has 0 aliphatic heterocycles. The molecule has 0 aromatic heterocycles. The van der Waals surface area contributed by atoms with Crippen LogP contribution in [0.5, 0.6) is 0 Å². The molecule has 1 N–H and O–H groups in total. The molecule has 1 fully saturated rings. The summed E-state index contributed by atoms with van der Waals surface area (Å²) in [5.41, 5.74) is 0.516. The Morgan fingerprint density at radius 1 is 1.36 bits per heavy atom. The zero-order valence-electron chi connectivity index (χ0n) is 10.1. The van der Waals surface area contributed by atoms with Crippen molar-refractivity contribution in [3.05, 3.63) is 0 Å². The molecule has 0 amide bonds. The zero-order valence-corrected chi connectivity index (χ0v) is 10.1. The molecule has 2 nitrogen and oxygen atoms in total. The van der Waals surface area contributed by atoms with Crippen molar-refractivity contribution in [1.82, 2.24) is 5.32 Å². The number of rotatable bonds is 4. The average Bonchev–Trinajstić information content (AvgIpc) is 2.00. The number of ether oxygens (including phenoxy) is 1. The standard InChI is InChI=1S/C12H25NO/c1-10-7-11(13-5-6-14-4)9-12(2,3)8-10/h10-11,13H,5-9H2,1-4H3. The maximum absolute atomic E-state index is 5.05. The van der Waals surface area contributed by atoms with Crippen LogP contribution in [0.4, 0.5) is 0 Å². The topological polar surface area (TPSA) is 21.3 Å². The molecule has 1 rings (SSSR count). The molecule has 0 radical (unpaired) electrons. The van der Waals surface area contributed by atoms with Crippen LogP contribution in [0.2, 0.25) is 0 Å². The lowest BCUT2D eigenvalue weighted by molar-refractivity contribution is 0.139. The second-order valence-electron chi connectivity index (χ2n) is 5.56. The van der Waals surface area contributed by atoms with E-state index in [-0.39, 0.29) is 0 Å². The van der Waals surface area contributed by atoms with Crippen LogP contribution in [0.15, 0.2) is 0 Å². The van der Waals surface area contributed by atoms with Crippen LogP contribution >= 0.6 is 0 Å². The normalized spacial score (nSPS) is 31.7. The Morgan fingerprint density at radius 3 is 2.64 bits per heavy atom. The van der Waals surface area contributed by atoms with Crippen molar-refractivity contribution in [2.45, 2.75) is 46.1 Å². The predicted molar refractivity (Wildman–Crippen MR) is 60.5 cm³/mol. The summed E-state index contributed by atoms with van der Waals surface area (Å²) >= 11 is 0. The SMILES string of the molecule is COCCNC1CC(C)CC(C)(C)C1. The van der Waals surface area contributed by atoms with Crippen LogP contribution < -0.4 is 5.32 Å². The fraction of sp³-hybridized carbons (Fsp3) is 1.00. The summed E-state index contributed by atoms with van der Waals surface area (Å²) < 4.78 is 5.05. The molecule has 84 valence electrons. The van der Waals surface area contributed by atoms with E-state index < -0.39 is 0 Å². The Bertz CT molecular complexity index is 168. The van der Waals surface area contributed by atoms with Gasteiger partial charge >= 0.3 is 0 Å². The number of hydrogen-bond acceptors (Lipinski definition) is 2. The lowest BCUT2D eigenvalue weighted by Crippen LogP contribution is -2.41. The fourth-order valence-corrected chi connectivity index (χ4v) is 2.87. The van der Waals surface area contributed by atoms with Crippen LogP contribution in [0.3, 0.4) is 0 Å². The summed E-state index contributed by atoms with van der Waals surface area (Å²) in [4.78, 5) is 0. The van der Waals surface area contributed by atoms with Crippen molar-refractivity contribution in [3.8, 4) is 0 Å². The molecule has 0 bridgehead atoms. The molecule has 0 aromatic carbocycles. The molecule has 0 heterocycles. The van der Waals surface area contributed by atoms with E-state index in [1.54, 1.807) is 7.11 Å². The van der Waals surface area contributed by atoms with Crippen molar-refractivity contribution in [2.75, 3.05) is 20.3 Å². The van der Waals surface area contributed by atoms with Gasteiger partial charge < -0.3 is 10.1 Å². The predicted octanol–water partition coefficient (Wildman–Crippen LogP) is 2.44. The van der Waals surface area contributed by atoms with Gasteiger partial charge in [0.1, 0.15) is 0 Å². The van der Waals surface area contributed by atoms with Crippen molar-refractivity contribution in [1.29, 1.82) is 0 Å². The highest BCUT2D eigenvalue weighted by Crippen LogP contribution is 2.38. The number of hydrogen-bond donors (Lipinski definition) is 1. The molecule has 1 aliphatic carbocycles. The van der Waals surface area contributed by atoms with Gasteiger partial charge in [-0.25, -0.2) is 0 Å². The van der Waals surface area contributed by atoms with Crippen molar-refractivity contribution < 1.29 is 4.74 Å². The van der Waals surface area contributed by atoms with E-state index in [0.29, 0.717) is 11.5 Å². The lowest BCUT2D eigenvalue weighted by Gasteiger charge is -2.39. The molecule has 1 aliphatic rings. The van der Waals surface area contributed by atoms with Crippen LogP contribution in [-0.4, -0.2) is 26.3 Å². The Kier molecular flexibility index (Phi) is 4.39. The third kappa shape index (κ3) is 3.97. The van der Waals surface area contributed by atoms with Crippen molar-refractivity contribution >= 4 is 0 Å². The summed E-state index contributed by atoms with van der Waals surface area (Å²) in [6, 6.07) is 0.698. The van der Waals surface area contributed by atoms with Gasteiger partial charge in [0, 0.05) is 19.7 Å². The van der Waals surface area contributed by atoms with Gasteiger partial charge in [-0.2, -0.15) is 0 Å². The zero-order chi connectivity index (χ0) is 10.6. The van der Waals surface area contributed by atoms with Gasteiger partial charge in [0.05, 0.1) is 6.61 Å². The molecule has 1 saturated carbocycles. The van der Waals surface area contributed by atoms with Crippen molar-refractivity contribution in [3.63, 3.8) is 0 Å². The van der Waals surface area contributed by atoms with E-state index in [0.717, 1.165) is 19.1 Å². The monoisotopic (exact) mass is 199 g/mol. The highest BCUT2D eigenvalue weighted by atomic mass is 16.5. The molecule has 2 heteroatoms. The third-order valence-electron chi connectivity index (χ3n) is 3.13. The minimum atomic E-state index is 0.516. The summed E-state index contributed by atoms with van der Waals surface area (Å²) in [5.74, 6) is 0.860. The summed E-state index contributed by atoms with van der Waals surface area (Å²) in [6.45, 7) is 8.95. The second-order valence-corrected chi connectivity index (χ2v) is 5.56. The molecular weight excluding hydrogens is 174 g/mol. The van der Waals surface area contributed by atoms with Gasteiger partial charge in [-0.15, -0.1) is 0 Å². The quantitative estimate of drug-likeness (QED) is 0.702. The Morgan fingerprint density at radius 2 is 2.07 bits per heavy atom. The minimum absolute atomic E-state index is 0.516. The second kappa shape index (κ2) is 5.13. The summed E-state index contributed by atoms with van der Waals surface area (Å²) in [5, 5.41) is 3.58. The maximum atomic E-state index is 5.05. The van der Waals surface area contributed by atoms with E-state index in [1.807, 2.05) is 0 Å². The first-order valence-electron chi connectivity index (χ1n) is 5.76. The molecule has 2 atom stereocenters. The lowest BCUT2D eigenvalue weighted by atomic mass is 9.70. The molecule has 0 spiro atoms. The summed E-state index contributed by atoms with van der Waals surface area (Å²) in [6.07, 6.45) is 4.00. The Labute approximate surface area is 88.4 Å². The highest BCUT2D eigenvalue weighted by Gasteiger charge is 2.31. The Hall–Kier alpha value is -0.0800. The van der Waals surface area contributed by atoms with E-state index in [2.05, 4.69) is 26.1 Å². The van der Waals surface area contributed by atoms with Gasteiger partial charge in [0.25, 0.3) is 0 Å². The van der Waals surface area contributed by atoms with E-state index >= 15 is 0 Å². The number of nitrogens with one attached hydrogen (secondary N) is 1. The van der Waals surface area contributed by atoms with Crippen LogP contribution in [0, 0.1) is 11.3 Å². The molecule has 0 aromatic rings. The van der Waals surface area contributed by atoms with Gasteiger partial charge in [0.15, 0.2) is 0 Å². The maximum Gasteiger partial charge on any atom is 0.0587 e. The molecular formula is C12H25NO. The third-order valence-corrected chi connectivity index (χ3v) is 3.13. The van der Waals surface area contributed by atoms with Crippen LogP contribution in [0.1, 0.15) is 40.0 Å². The largest absolute Gasteiger partial charge is 0.383 e. The first-order chi connectivity index (χ1) is 6.53. The van der Waals surface area contributed by atoms with E-state index in [4.69, 9.17) is 4.74 Å². The van der Waals surface area contributed by atoms with Crippen molar-refractivity contribution in [2.24, 2.45) is 11.3 Å². The number of methoxy groups -OCH3 is 1. The molecule has 14 heavy (non-hydrogen) atoms. The van der Waals surface area contributed by atoms with E-state index in [1.165, 1.54) is 19.3 Å². The highest BCUT2D eigenvalue weighted by molar-refractivity contribution is 4.86. The van der Waals surface area contributed by atoms with Gasteiger partial charge in [0.2, 0.25) is 0 Å². The van der Waals surface area contributed by atoms with Crippen LogP contribution in [0.25, 0.3) is 0 Å². The molecule has 2 unspecified atom stereocenters. The van der Waals surface area contributed by atoms with Gasteiger partial charge in [-0.3, -0.25) is 0 Å².